The second-order valence-corrected chi connectivity index (χ2v) is 4.98. The molecule has 2 aromatic rings. The Bertz CT molecular complexity index is 611. The normalized spacial score (nSPS) is 10.4. The lowest BCUT2D eigenvalue weighted by Gasteiger charge is -2.09. The number of H-pyrrole nitrogens is 1. The van der Waals surface area contributed by atoms with E-state index in [9.17, 15) is 4.79 Å². The number of anilines is 2. The Morgan fingerprint density at radius 1 is 1.39 bits per heavy atom. The smallest absolute Gasteiger partial charge is 0.304 e. The highest BCUT2D eigenvalue weighted by Crippen LogP contribution is 2.28. The molecule has 0 spiro atoms. The van der Waals surface area contributed by atoms with Crippen molar-refractivity contribution in [3.8, 4) is 0 Å². The largest absolute Gasteiger partial charge is 0.363 e. The molecule has 96 valence electrons. The molecule has 9 heteroatoms. The van der Waals surface area contributed by atoms with Crippen molar-refractivity contribution in [3.05, 3.63) is 36.9 Å². The quantitative estimate of drug-likeness (QED) is 0.512. The van der Waals surface area contributed by atoms with Gasteiger partial charge in [0.1, 0.15) is 5.82 Å². The van der Waals surface area contributed by atoms with Crippen molar-refractivity contribution >= 4 is 46.2 Å². The Morgan fingerprint density at radius 2 is 2.11 bits per heavy atom. The molecule has 0 aromatic carbocycles. The summed E-state index contributed by atoms with van der Waals surface area (Å²) in [6.45, 7) is 0.400. The number of rotatable bonds is 4. The van der Waals surface area contributed by atoms with Gasteiger partial charge >= 0.3 is 4.87 Å². The summed E-state index contributed by atoms with van der Waals surface area (Å²) in [4.78, 5) is 17.6. The molecular weight excluding hydrogens is 297 g/mol. The van der Waals surface area contributed by atoms with E-state index < -0.39 is 0 Å². The third-order valence-electron chi connectivity index (χ3n) is 2.08. The average molecular weight is 306 g/mol. The van der Waals surface area contributed by atoms with E-state index in [2.05, 4.69) is 20.7 Å². The predicted octanol–water partition coefficient (Wildman–Crippen LogP) is 2.04. The average Bonchev–Trinajstić information content (AvgIpc) is 2.74. The summed E-state index contributed by atoms with van der Waals surface area (Å²) in [5.41, 5.74) is 3.12. The highest BCUT2D eigenvalue weighted by atomic mass is 35.5. The maximum absolute atomic E-state index is 11.0. The number of halogens is 2. The van der Waals surface area contributed by atoms with E-state index >= 15 is 0 Å². The first-order chi connectivity index (χ1) is 8.60. The second kappa shape index (κ2) is 5.57. The minimum absolute atomic E-state index is 0.105. The zero-order valence-corrected chi connectivity index (χ0v) is 11.3. The van der Waals surface area contributed by atoms with Crippen LogP contribution in [0.25, 0.3) is 0 Å². The summed E-state index contributed by atoms with van der Waals surface area (Å²) in [6, 6.07) is 1.53. The molecule has 2 heterocycles. The second-order valence-electron chi connectivity index (χ2n) is 3.32. The molecule has 0 bridgehead atoms. The van der Waals surface area contributed by atoms with Crippen LogP contribution in [-0.4, -0.2) is 9.97 Å². The molecule has 0 saturated heterocycles. The van der Waals surface area contributed by atoms with Gasteiger partial charge in [-0.2, -0.15) is 0 Å². The minimum atomic E-state index is -0.105. The Labute approximate surface area is 116 Å². The van der Waals surface area contributed by atoms with E-state index in [1.807, 2.05) is 0 Å². The fourth-order valence-corrected chi connectivity index (χ4v) is 2.33. The molecule has 6 nitrogen and oxygen atoms in total. The lowest BCUT2D eigenvalue weighted by molar-refractivity contribution is 1.04. The monoisotopic (exact) mass is 305 g/mol. The van der Waals surface area contributed by atoms with E-state index in [-0.39, 0.29) is 4.87 Å². The fourth-order valence-electron chi connectivity index (χ4n) is 1.27. The molecule has 0 amide bonds. The van der Waals surface area contributed by atoms with Crippen molar-refractivity contribution in [1.29, 1.82) is 0 Å². The molecule has 2 aromatic heterocycles. The highest BCUT2D eigenvalue weighted by Gasteiger charge is 2.08. The van der Waals surface area contributed by atoms with Crippen molar-refractivity contribution in [2.75, 3.05) is 10.7 Å². The summed E-state index contributed by atoms with van der Waals surface area (Å²) in [5.74, 6) is 6.02. The number of hydrazine groups is 1. The molecule has 0 aliphatic rings. The van der Waals surface area contributed by atoms with E-state index in [1.54, 1.807) is 5.38 Å². The standard InChI is InChI=1S/C9H9Cl2N5OS/c10-5-1-6(11)8(16-12)15-7(5)13-2-4-3-18-9(17)14-4/h1,3H,2,12H2,(H,14,17)(H2,13,15,16). The molecule has 0 fully saturated rings. The van der Waals surface area contributed by atoms with Crippen molar-refractivity contribution in [3.63, 3.8) is 0 Å². The van der Waals surface area contributed by atoms with Gasteiger partial charge in [0, 0.05) is 11.1 Å². The topological polar surface area (TPSA) is 95.8 Å². The number of hydrogen-bond acceptors (Lipinski definition) is 6. The van der Waals surface area contributed by atoms with Gasteiger partial charge in [0.25, 0.3) is 0 Å². The zero-order chi connectivity index (χ0) is 13.1. The Balaban J connectivity index is 2.16. The maximum atomic E-state index is 11.0. The number of nitrogen functional groups attached to an aromatic ring is 1. The molecule has 0 aliphatic carbocycles. The highest BCUT2D eigenvalue weighted by molar-refractivity contribution is 7.07. The molecule has 18 heavy (non-hydrogen) atoms. The first-order valence-electron chi connectivity index (χ1n) is 4.83. The van der Waals surface area contributed by atoms with Crippen LogP contribution < -0.4 is 21.5 Å². The van der Waals surface area contributed by atoms with Gasteiger partial charge in [-0.3, -0.25) is 4.79 Å². The van der Waals surface area contributed by atoms with Crippen LogP contribution in [0.1, 0.15) is 5.69 Å². The van der Waals surface area contributed by atoms with E-state index in [0.29, 0.717) is 28.2 Å². The zero-order valence-electron chi connectivity index (χ0n) is 8.96. The Morgan fingerprint density at radius 3 is 2.72 bits per heavy atom. The Hall–Kier alpha value is -1.28. The van der Waals surface area contributed by atoms with Crippen molar-refractivity contribution < 1.29 is 0 Å². The molecular formula is C9H9Cl2N5OS. The van der Waals surface area contributed by atoms with Crippen LogP contribution in [0.15, 0.2) is 16.2 Å². The molecule has 0 aliphatic heterocycles. The summed E-state index contributed by atoms with van der Waals surface area (Å²) < 4.78 is 0. The van der Waals surface area contributed by atoms with Crippen molar-refractivity contribution in [2.45, 2.75) is 6.54 Å². The van der Waals surface area contributed by atoms with Gasteiger partial charge in [-0.25, -0.2) is 10.8 Å². The predicted molar refractivity (Wildman–Crippen MR) is 74.3 cm³/mol. The van der Waals surface area contributed by atoms with Crippen LogP contribution >= 0.6 is 34.5 Å². The lowest BCUT2D eigenvalue weighted by Crippen LogP contribution is -2.11. The maximum Gasteiger partial charge on any atom is 0.304 e. The van der Waals surface area contributed by atoms with Crippen LogP contribution in [0.5, 0.6) is 0 Å². The molecule has 0 saturated carbocycles. The van der Waals surface area contributed by atoms with Crippen LogP contribution in [-0.2, 0) is 6.54 Å². The van der Waals surface area contributed by atoms with Crippen LogP contribution in [0.2, 0.25) is 10.0 Å². The van der Waals surface area contributed by atoms with Gasteiger partial charge in [0.05, 0.1) is 16.6 Å². The van der Waals surface area contributed by atoms with Crippen molar-refractivity contribution in [1.82, 2.24) is 9.97 Å². The summed E-state index contributed by atoms with van der Waals surface area (Å²) >= 11 is 12.9. The number of thiazole rings is 1. The number of aromatic nitrogens is 2. The van der Waals surface area contributed by atoms with E-state index in [0.717, 1.165) is 17.0 Å². The molecule has 0 unspecified atom stereocenters. The van der Waals surface area contributed by atoms with E-state index in [1.165, 1.54) is 6.07 Å². The summed E-state index contributed by atoms with van der Waals surface area (Å²) in [6.07, 6.45) is 0. The molecule has 2 rings (SSSR count). The van der Waals surface area contributed by atoms with E-state index in [4.69, 9.17) is 29.0 Å². The SMILES string of the molecule is NNc1nc(NCc2csc(=O)[nH]2)c(Cl)cc1Cl. The van der Waals surface area contributed by atoms with Crippen LogP contribution in [0.4, 0.5) is 11.6 Å². The third-order valence-corrected chi connectivity index (χ3v) is 3.38. The Kier molecular flexibility index (Phi) is 4.07. The van der Waals surface area contributed by atoms with Crippen LogP contribution in [0.3, 0.4) is 0 Å². The minimum Gasteiger partial charge on any atom is -0.363 e. The number of nitrogens with one attached hydrogen (secondary N) is 3. The van der Waals surface area contributed by atoms with Crippen LogP contribution in [0, 0.1) is 0 Å². The van der Waals surface area contributed by atoms with Gasteiger partial charge in [-0.15, -0.1) is 0 Å². The lowest BCUT2D eigenvalue weighted by atomic mass is 10.4. The number of nitrogens with zero attached hydrogens (tertiary/aromatic N) is 1. The van der Waals surface area contributed by atoms with Gasteiger partial charge in [0.15, 0.2) is 5.82 Å². The molecule has 0 radical (unpaired) electrons. The number of nitrogens with two attached hydrogens (primary N) is 1. The van der Waals surface area contributed by atoms with Gasteiger partial charge < -0.3 is 15.7 Å². The van der Waals surface area contributed by atoms with Gasteiger partial charge in [-0.05, 0) is 6.07 Å². The number of pyridine rings is 1. The number of aromatic amines is 1. The first kappa shape index (κ1) is 13.2. The number of hydrogen-bond donors (Lipinski definition) is 4. The van der Waals surface area contributed by atoms with Gasteiger partial charge in [-0.1, -0.05) is 34.5 Å². The van der Waals surface area contributed by atoms with Crippen molar-refractivity contribution in [2.24, 2.45) is 5.84 Å². The fraction of sp³-hybridized carbons (Fsp3) is 0.111. The third kappa shape index (κ3) is 2.94. The molecule has 5 N–H and O–H groups in total. The summed E-state index contributed by atoms with van der Waals surface area (Å²) in [5, 5.41) is 5.41. The molecule has 0 atom stereocenters. The summed E-state index contributed by atoms with van der Waals surface area (Å²) in [7, 11) is 0. The van der Waals surface area contributed by atoms with Gasteiger partial charge in [0.2, 0.25) is 0 Å². The first-order valence-corrected chi connectivity index (χ1v) is 6.47.